The molecule has 0 radical (unpaired) electrons. The highest BCUT2D eigenvalue weighted by Gasteiger charge is 2.04. The Balaban J connectivity index is 1.99. The summed E-state index contributed by atoms with van der Waals surface area (Å²) in [6.45, 7) is 0. The topological polar surface area (TPSA) is 17.3 Å². The van der Waals surface area contributed by atoms with Crippen LogP contribution in [0.1, 0.15) is 11.3 Å². The van der Waals surface area contributed by atoms with E-state index in [1.807, 2.05) is 28.8 Å². The Bertz CT molecular complexity index is 644. The number of nitrogens with zero attached hydrogens (tertiary/aromatic N) is 2. The minimum absolute atomic E-state index is 0.870. The molecule has 0 N–H and O–H groups in total. The van der Waals surface area contributed by atoms with Crippen LogP contribution in [0, 0.1) is 0 Å². The molecule has 2 nitrogen and oxygen atoms in total. The smallest absolute Gasteiger partial charge is 0.151 e. The summed E-state index contributed by atoms with van der Waals surface area (Å²) in [4.78, 5) is 4.62. The summed E-state index contributed by atoms with van der Waals surface area (Å²) in [7, 11) is 0. The lowest BCUT2D eigenvalue weighted by Gasteiger charge is -1.95. The maximum Gasteiger partial charge on any atom is 0.151 e. The van der Waals surface area contributed by atoms with Crippen molar-refractivity contribution < 1.29 is 0 Å². The van der Waals surface area contributed by atoms with Gasteiger partial charge in [-0.05, 0) is 33.6 Å². The number of fused-ring (bicyclic) bond motifs is 1. The summed E-state index contributed by atoms with van der Waals surface area (Å²) in [5, 5.41) is 0. The van der Waals surface area contributed by atoms with Crippen molar-refractivity contribution in [3.8, 4) is 0 Å². The van der Waals surface area contributed by atoms with Gasteiger partial charge in [0.25, 0.3) is 0 Å². The third-order valence-electron chi connectivity index (χ3n) is 2.71. The summed E-state index contributed by atoms with van der Waals surface area (Å²) < 4.78 is 3.07. The molecule has 17 heavy (non-hydrogen) atoms. The molecule has 0 atom stereocenters. The van der Waals surface area contributed by atoms with Crippen LogP contribution in [0.15, 0.2) is 59.3 Å². The van der Waals surface area contributed by atoms with Crippen molar-refractivity contribution in [1.82, 2.24) is 9.38 Å². The number of rotatable bonds is 2. The van der Waals surface area contributed by atoms with Crippen molar-refractivity contribution >= 4 is 21.6 Å². The van der Waals surface area contributed by atoms with E-state index in [4.69, 9.17) is 0 Å². The normalized spacial score (nSPS) is 10.9. The predicted octanol–water partition coefficient (Wildman–Crippen LogP) is 3.69. The van der Waals surface area contributed by atoms with Gasteiger partial charge in [0.2, 0.25) is 0 Å². The Morgan fingerprint density at radius 1 is 1.06 bits per heavy atom. The van der Waals surface area contributed by atoms with E-state index in [2.05, 4.69) is 51.4 Å². The highest BCUT2D eigenvalue weighted by atomic mass is 79.9. The average Bonchev–Trinajstić information content (AvgIpc) is 2.74. The van der Waals surface area contributed by atoms with Crippen LogP contribution in [0.2, 0.25) is 0 Å². The molecule has 2 heterocycles. The minimum atomic E-state index is 0.870. The Kier molecular flexibility index (Phi) is 2.69. The maximum atomic E-state index is 4.62. The molecule has 3 rings (SSSR count). The summed E-state index contributed by atoms with van der Waals surface area (Å²) in [6.07, 6.45) is 4.96. The van der Waals surface area contributed by atoms with Gasteiger partial charge >= 0.3 is 0 Å². The molecule has 0 fully saturated rings. The van der Waals surface area contributed by atoms with Crippen LogP contribution in [-0.4, -0.2) is 9.38 Å². The zero-order chi connectivity index (χ0) is 11.7. The molecule has 84 valence electrons. The second-order valence-electron chi connectivity index (χ2n) is 3.98. The molecule has 0 aliphatic heterocycles. The van der Waals surface area contributed by atoms with Gasteiger partial charge in [-0.2, -0.15) is 0 Å². The van der Waals surface area contributed by atoms with Crippen LogP contribution < -0.4 is 0 Å². The predicted molar refractivity (Wildman–Crippen MR) is 72.1 cm³/mol. The van der Waals surface area contributed by atoms with Crippen LogP contribution in [0.4, 0.5) is 0 Å². The van der Waals surface area contributed by atoms with Gasteiger partial charge in [0.05, 0.1) is 10.2 Å². The molecule has 0 unspecified atom stereocenters. The molecule has 0 aliphatic rings. The maximum absolute atomic E-state index is 4.62. The summed E-state index contributed by atoms with van der Waals surface area (Å²) >= 11 is 3.51. The molecule has 0 spiro atoms. The van der Waals surface area contributed by atoms with Crippen molar-refractivity contribution in [3.05, 3.63) is 70.6 Å². The number of benzene rings is 1. The number of hydrogen-bond acceptors (Lipinski definition) is 1. The average molecular weight is 287 g/mol. The summed E-state index contributed by atoms with van der Waals surface area (Å²) in [5.74, 6) is 0. The molecule has 0 saturated carbocycles. The van der Waals surface area contributed by atoms with Gasteiger partial charge < -0.3 is 4.40 Å². The van der Waals surface area contributed by atoms with E-state index in [-0.39, 0.29) is 0 Å². The van der Waals surface area contributed by atoms with Crippen LogP contribution in [0.25, 0.3) is 5.65 Å². The fourth-order valence-corrected chi connectivity index (χ4v) is 2.37. The Hall–Kier alpha value is -1.61. The molecule has 0 saturated heterocycles. The molecule has 2 aromatic heterocycles. The van der Waals surface area contributed by atoms with Crippen molar-refractivity contribution in [3.63, 3.8) is 0 Å². The summed E-state index contributed by atoms with van der Waals surface area (Å²) in [6, 6.07) is 14.4. The van der Waals surface area contributed by atoms with E-state index >= 15 is 0 Å². The quantitative estimate of drug-likeness (QED) is 0.702. The van der Waals surface area contributed by atoms with E-state index < -0.39 is 0 Å². The standard InChI is InChI=1S/C14H11BrN2/c15-13-7-4-8-17-10-12(16-14(13)17)9-11-5-2-1-3-6-11/h1-8,10H,9H2. The number of pyridine rings is 1. The Morgan fingerprint density at radius 2 is 1.88 bits per heavy atom. The lowest BCUT2D eigenvalue weighted by molar-refractivity contribution is 1.11. The second-order valence-corrected chi connectivity index (χ2v) is 4.84. The van der Waals surface area contributed by atoms with Crippen molar-refractivity contribution in [2.45, 2.75) is 6.42 Å². The molecule has 0 bridgehead atoms. The minimum Gasteiger partial charge on any atom is -0.306 e. The molecule has 0 amide bonds. The van der Waals surface area contributed by atoms with Gasteiger partial charge in [-0.1, -0.05) is 30.3 Å². The highest BCUT2D eigenvalue weighted by molar-refractivity contribution is 9.10. The van der Waals surface area contributed by atoms with E-state index in [9.17, 15) is 0 Å². The van der Waals surface area contributed by atoms with Gasteiger partial charge in [0.1, 0.15) is 0 Å². The lowest BCUT2D eigenvalue weighted by atomic mass is 10.1. The monoisotopic (exact) mass is 286 g/mol. The van der Waals surface area contributed by atoms with E-state index in [1.165, 1.54) is 5.56 Å². The van der Waals surface area contributed by atoms with E-state index in [1.54, 1.807) is 0 Å². The molecule has 0 aliphatic carbocycles. The Labute approximate surface area is 108 Å². The van der Waals surface area contributed by atoms with Crippen LogP contribution in [0.3, 0.4) is 0 Å². The number of aromatic nitrogens is 2. The second kappa shape index (κ2) is 4.34. The van der Waals surface area contributed by atoms with Crippen LogP contribution >= 0.6 is 15.9 Å². The van der Waals surface area contributed by atoms with Gasteiger partial charge in [0.15, 0.2) is 5.65 Å². The van der Waals surface area contributed by atoms with E-state index in [0.717, 1.165) is 22.2 Å². The Morgan fingerprint density at radius 3 is 2.65 bits per heavy atom. The zero-order valence-corrected chi connectivity index (χ0v) is 10.8. The first-order valence-corrected chi connectivity index (χ1v) is 6.28. The molecular weight excluding hydrogens is 276 g/mol. The molecule has 3 aromatic rings. The fraction of sp³-hybridized carbons (Fsp3) is 0.0714. The van der Waals surface area contributed by atoms with Gasteiger partial charge in [-0.15, -0.1) is 0 Å². The largest absolute Gasteiger partial charge is 0.306 e. The van der Waals surface area contributed by atoms with Crippen molar-refractivity contribution in [2.75, 3.05) is 0 Å². The first-order valence-electron chi connectivity index (χ1n) is 5.49. The van der Waals surface area contributed by atoms with Crippen LogP contribution in [-0.2, 0) is 6.42 Å². The van der Waals surface area contributed by atoms with Gasteiger partial charge in [-0.25, -0.2) is 4.98 Å². The zero-order valence-electron chi connectivity index (χ0n) is 9.18. The third kappa shape index (κ3) is 2.11. The number of halogens is 1. The van der Waals surface area contributed by atoms with Gasteiger partial charge in [0, 0.05) is 18.8 Å². The van der Waals surface area contributed by atoms with Crippen molar-refractivity contribution in [1.29, 1.82) is 0 Å². The molecule has 1 aromatic carbocycles. The molecule has 3 heteroatoms. The lowest BCUT2D eigenvalue weighted by Crippen LogP contribution is -1.86. The molecular formula is C14H11BrN2. The number of imidazole rings is 1. The van der Waals surface area contributed by atoms with E-state index in [0.29, 0.717) is 0 Å². The highest BCUT2D eigenvalue weighted by Crippen LogP contribution is 2.18. The number of hydrogen-bond donors (Lipinski definition) is 0. The third-order valence-corrected chi connectivity index (χ3v) is 3.33. The van der Waals surface area contributed by atoms with Crippen LogP contribution in [0.5, 0.6) is 0 Å². The first kappa shape index (κ1) is 10.5. The fourth-order valence-electron chi connectivity index (χ4n) is 1.92. The SMILES string of the molecule is Brc1cccn2cc(Cc3ccccc3)nc12. The van der Waals surface area contributed by atoms with Gasteiger partial charge in [-0.3, -0.25) is 0 Å². The summed E-state index contributed by atoms with van der Waals surface area (Å²) in [5.41, 5.74) is 3.34. The van der Waals surface area contributed by atoms with Crippen molar-refractivity contribution in [2.24, 2.45) is 0 Å². The first-order chi connectivity index (χ1) is 8.33.